The monoisotopic (exact) mass is 1020 g/mol. The van der Waals surface area contributed by atoms with Gasteiger partial charge in [-0.05, 0) is 51.4 Å². The fourth-order valence-electron chi connectivity index (χ4n) is 8.39. The van der Waals surface area contributed by atoms with Crippen LogP contribution in [0.3, 0.4) is 0 Å². The summed E-state index contributed by atoms with van der Waals surface area (Å²) in [4.78, 5) is 37.2. The Morgan fingerprint density at radius 3 is 1.14 bits per heavy atom. The number of aliphatic carboxylic acids is 1. The molecule has 0 spiro atoms. The van der Waals surface area contributed by atoms with E-state index in [-0.39, 0.29) is 38.6 Å². The normalized spacial score (nSPS) is 13.3. The summed E-state index contributed by atoms with van der Waals surface area (Å²) in [5.74, 6) is -2.39. The van der Waals surface area contributed by atoms with Crippen LogP contribution in [-0.4, -0.2) is 82.3 Å². The number of likely N-dealkylation sites (N-methyl/N-ethyl adjacent to an activating group) is 1. The summed E-state index contributed by atoms with van der Waals surface area (Å²) in [5.41, 5.74) is 0. The fourth-order valence-corrected chi connectivity index (χ4v) is 8.39. The van der Waals surface area contributed by atoms with Crippen LogP contribution in [0.1, 0.15) is 258 Å². The van der Waals surface area contributed by atoms with E-state index in [9.17, 15) is 19.5 Å². The highest BCUT2D eigenvalue weighted by Gasteiger charge is 2.21. The van der Waals surface area contributed by atoms with Gasteiger partial charge in [-0.2, -0.15) is 0 Å². The van der Waals surface area contributed by atoms with E-state index >= 15 is 0 Å². The quantitative estimate of drug-likeness (QED) is 0.0195. The van der Waals surface area contributed by atoms with Crippen LogP contribution < -0.4 is 5.11 Å². The molecule has 0 heterocycles. The Bertz CT molecular complexity index is 1420. The van der Waals surface area contributed by atoms with E-state index in [0.29, 0.717) is 17.4 Å². The molecule has 0 fully saturated rings. The number of carboxylic acids is 1. The van der Waals surface area contributed by atoms with Crippen LogP contribution in [0.15, 0.2) is 72.9 Å². The van der Waals surface area contributed by atoms with Gasteiger partial charge in [0.25, 0.3) is 0 Å². The SMILES string of the molecule is CC/C=C\C/C=C\C/C=C\C/C=C\C/C=C\C/C=C\CCC(=O)OC(COC(=O)CCCCCCCCCCCCCCCCCCCCCCCCCCCCCCC)COC(OCC[N+](C)(C)C)C(=O)[O-]. The molecule has 0 N–H and O–H groups in total. The fraction of sp³-hybridized carbons (Fsp3) is 0.766. The van der Waals surface area contributed by atoms with Crippen LogP contribution >= 0.6 is 0 Å². The minimum atomic E-state index is -1.64. The number of allylic oxidation sites excluding steroid dienone is 12. The Hall–Kier alpha value is -3.27. The van der Waals surface area contributed by atoms with Gasteiger partial charge in [0, 0.05) is 12.8 Å². The number of nitrogens with zero attached hydrogens (tertiary/aromatic N) is 1. The lowest BCUT2D eigenvalue weighted by Gasteiger charge is -2.26. The maximum atomic E-state index is 12.8. The molecule has 0 rings (SSSR count). The Kier molecular flexibility index (Phi) is 52.5. The van der Waals surface area contributed by atoms with E-state index < -0.39 is 24.3 Å². The molecular formula is C64H113NO8. The molecule has 9 heteroatoms. The van der Waals surface area contributed by atoms with Gasteiger partial charge in [-0.25, -0.2) is 0 Å². The molecule has 0 radical (unpaired) electrons. The van der Waals surface area contributed by atoms with Crippen molar-refractivity contribution in [1.29, 1.82) is 0 Å². The molecule has 0 aliphatic carbocycles. The highest BCUT2D eigenvalue weighted by molar-refractivity contribution is 5.70. The van der Waals surface area contributed by atoms with Crippen molar-refractivity contribution in [2.75, 3.05) is 47.5 Å². The van der Waals surface area contributed by atoms with Crippen molar-refractivity contribution in [3.8, 4) is 0 Å². The number of unbranched alkanes of at least 4 members (excludes halogenated alkanes) is 28. The number of carbonyl (C=O) groups excluding carboxylic acids is 3. The van der Waals surface area contributed by atoms with Crippen molar-refractivity contribution in [3.05, 3.63) is 72.9 Å². The molecule has 0 aromatic heterocycles. The van der Waals surface area contributed by atoms with E-state index in [1.165, 1.54) is 167 Å². The standard InChI is InChI=1S/C64H113NO8/c1-6-8-10-12-14-16-18-20-22-24-26-27-28-29-30-31-32-33-34-35-37-38-40-42-44-46-48-50-52-54-61(66)71-58-60(59-72-64(63(68)69)70-57-56-65(3,4)5)73-62(67)55-53-51-49-47-45-43-41-39-36-25-23-21-19-17-15-13-11-9-7-2/h9,11,15,17,21,23,36,39,43,45,49,51,60,64H,6-8,10,12-14,16,18-20,22,24-35,37-38,40-42,44,46-48,50,52-59H2,1-5H3/b11-9-,17-15-,23-21-,39-36-,45-43-,51-49-. The molecule has 2 unspecified atom stereocenters. The van der Waals surface area contributed by atoms with E-state index in [2.05, 4.69) is 74.6 Å². The number of hydrogen-bond donors (Lipinski definition) is 0. The zero-order valence-corrected chi connectivity index (χ0v) is 48.0. The lowest BCUT2D eigenvalue weighted by molar-refractivity contribution is -0.870. The van der Waals surface area contributed by atoms with E-state index in [1.807, 2.05) is 33.3 Å². The van der Waals surface area contributed by atoms with Gasteiger partial charge in [-0.3, -0.25) is 9.59 Å². The minimum Gasteiger partial charge on any atom is -0.545 e. The van der Waals surface area contributed by atoms with Crippen molar-refractivity contribution in [1.82, 2.24) is 0 Å². The second-order valence-corrected chi connectivity index (χ2v) is 21.3. The van der Waals surface area contributed by atoms with Crippen LogP contribution in [0.25, 0.3) is 0 Å². The second-order valence-electron chi connectivity index (χ2n) is 21.3. The third-order valence-corrected chi connectivity index (χ3v) is 13.0. The van der Waals surface area contributed by atoms with E-state index in [0.717, 1.165) is 57.8 Å². The first-order chi connectivity index (χ1) is 35.6. The molecule has 0 amide bonds. The molecule has 2 atom stereocenters. The number of quaternary nitrogens is 1. The Morgan fingerprint density at radius 1 is 0.425 bits per heavy atom. The Balaban J connectivity index is 4.22. The molecule has 9 nitrogen and oxygen atoms in total. The van der Waals surface area contributed by atoms with E-state index in [4.69, 9.17) is 18.9 Å². The van der Waals surface area contributed by atoms with Crippen LogP contribution in [0.4, 0.5) is 0 Å². The van der Waals surface area contributed by atoms with Crippen LogP contribution in [-0.2, 0) is 33.3 Å². The Morgan fingerprint density at radius 2 is 0.781 bits per heavy atom. The summed E-state index contributed by atoms with van der Waals surface area (Å²) in [5, 5.41) is 11.8. The van der Waals surface area contributed by atoms with Crippen LogP contribution in [0.2, 0.25) is 0 Å². The summed E-state index contributed by atoms with van der Waals surface area (Å²) in [6.07, 6.45) is 68.5. The highest BCUT2D eigenvalue weighted by Crippen LogP contribution is 2.17. The van der Waals surface area contributed by atoms with Gasteiger partial charge in [0.15, 0.2) is 12.4 Å². The first-order valence-corrected chi connectivity index (χ1v) is 30.1. The molecule has 73 heavy (non-hydrogen) atoms. The van der Waals surface area contributed by atoms with Gasteiger partial charge in [-0.1, -0.05) is 267 Å². The van der Waals surface area contributed by atoms with Gasteiger partial charge >= 0.3 is 11.9 Å². The van der Waals surface area contributed by atoms with Gasteiger partial charge in [0.2, 0.25) is 0 Å². The third kappa shape index (κ3) is 56.3. The molecular weight excluding hydrogens is 911 g/mol. The van der Waals surface area contributed by atoms with Crippen molar-refractivity contribution in [2.45, 2.75) is 270 Å². The largest absolute Gasteiger partial charge is 0.545 e. The van der Waals surface area contributed by atoms with E-state index in [1.54, 1.807) is 0 Å². The van der Waals surface area contributed by atoms with Crippen molar-refractivity contribution < 1.29 is 42.9 Å². The van der Waals surface area contributed by atoms with Crippen molar-refractivity contribution >= 4 is 17.9 Å². The molecule has 0 saturated carbocycles. The number of esters is 2. The van der Waals surface area contributed by atoms with Crippen LogP contribution in [0.5, 0.6) is 0 Å². The summed E-state index contributed by atoms with van der Waals surface area (Å²) in [7, 11) is 5.90. The van der Waals surface area contributed by atoms with Gasteiger partial charge in [-0.15, -0.1) is 0 Å². The molecule has 0 bridgehead atoms. The zero-order valence-electron chi connectivity index (χ0n) is 48.0. The predicted octanol–water partition coefficient (Wildman–Crippen LogP) is 16.5. The lowest BCUT2D eigenvalue weighted by Crippen LogP contribution is -2.44. The number of hydrogen-bond acceptors (Lipinski definition) is 8. The maximum absolute atomic E-state index is 12.8. The number of rotatable bonds is 55. The third-order valence-electron chi connectivity index (χ3n) is 13.0. The topological polar surface area (TPSA) is 111 Å². The predicted molar refractivity (Wildman–Crippen MR) is 306 cm³/mol. The first kappa shape index (κ1) is 69.7. The molecule has 0 aromatic carbocycles. The second kappa shape index (κ2) is 55.0. The lowest BCUT2D eigenvalue weighted by atomic mass is 10.0. The van der Waals surface area contributed by atoms with Crippen molar-refractivity contribution in [2.24, 2.45) is 0 Å². The first-order valence-electron chi connectivity index (χ1n) is 30.1. The van der Waals surface area contributed by atoms with Crippen molar-refractivity contribution in [3.63, 3.8) is 0 Å². The smallest absolute Gasteiger partial charge is 0.306 e. The molecule has 0 aliphatic heterocycles. The highest BCUT2D eigenvalue weighted by atomic mass is 16.7. The number of carbonyl (C=O) groups is 3. The average molecular weight is 1020 g/mol. The summed E-state index contributed by atoms with van der Waals surface area (Å²) in [6, 6.07) is 0. The van der Waals surface area contributed by atoms with Crippen LogP contribution in [0, 0.1) is 0 Å². The average Bonchev–Trinajstić information content (AvgIpc) is 3.36. The molecule has 0 aromatic rings. The minimum absolute atomic E-state index is 0.121. The van der Waals surface area contributed by atoms with Gasteiger partial charge in [0.1, 0.15) is 13.2 Å². The number of ether oxygens (including phenoxy) is 4. The summed E-state index contributed by atoms with van der Waals surface area (Å²) >= 11 is 0. The molecule has 0 saturated heterocycles. The van der Waals surface area contributed by atoms with Gasteiger partial charge < -0.3 is 33.3 Å². The summed E-state index contributed by atoms with van der Waals surface area (Å²) in [6.45, 7) is 4.57. The molecule has 422 valence electrons. The zero-order chi connectivity index (χ0) is 53.4. The number of carboxylic acid groups (broad SMARTS) is 1. The molecule has 0 aliphatic rings. The maximum Gasteiger partial charge on any atom is 0.306 e. The van der Waals surface area contributed by atoms with Gasteiger partial charge in [0.05, 0.1) is 40.3 Å². The summed E-state index contributed by atoms with van der Waals surface area (Å²) < 4.78 is 22.6. The Labute approximate surface area is 449 Å².